The predicted octanol–water partition coefficient (Wildman–Crippen LogP) is 4.11. The van der Waals surface area contributed by atoms with Gasteiger partial charge in [0.15, 0.2) is 0 Å². The van der Waals surface area contributed by atoms with Crippen molar-refractivity contribution in [3.8, 4) is 11.5 Å². The van der Waals surface area contributed by atoms with Crippen LogP contribution in [-0.4, -0.2) is 10.2 Å². The molecule has 16 heavy (non-hydrogen) atoms. The van der Waals surface area contributed by atoms with Crippen molar-refractivity contribution in [2.24, 2.45) is 0 Å². The van der Waals surface area contributed by atoms with E-state index in [0.717, 1.165) is 22.9 Å². The van der Waals surface area contributed by atoms with Crippen molar-refractivity contribution in [1.29, 1.82) is 0 Å². The second kappa shape index (κ2) is 4.97. The van der Waals surface area contributed by atoms with Crippen LogP contribution < -0.4 is 0 Å². The Kier molecular flexibility index (Phi) is 3.61. The molecule has 3 nitrogen and oxygen atoms in total. The van der Waals surface area contributed by atoms with Crippen molar-refractivity contribution in [2.75, 3.05) is 0 Å². The van der Waals surface area contributed by atoms with Gasteiger partial charge in [0, 0.05) is 16.5 Å². The highest BCUT2D eigenvalue weighted by molar-refractivity contribution is 9.10. The largest absolute Gasteiger partial charge is 0.421 e. The highest BCUT2D eigenvalue weighted by Gasteiger charge is 2.09. The smallest absolute Gasteiger partial charge is 0.247 e. The molecule has 0 radical (unpaired) electrons. The van der Waals surface area contributed by atoms with Gasteiger partial charge in [0.25, 0.3) is 0 Å². The quantitative estimate of drug-likeness (QED) is 0.856. The molecular formula is C11H10BrClN2O. The third-order valence-electron chi connectivity index (χ3n) is 2.10. The molecule has 0 aliphatic carbocycles. The van der Waals surface area contributed by atoms with Gasteiger partial charge < -0.3 is 4.42 Å². The second-order valence-electron chi connectivity index (χ2n) is 3.38. The molecule has 0 aliphatic heterocycles. The number of hydrogen-bond donors (Lipinski definition) is 0. The Morgan fingerprint density at radius 3 is 2.88 bits per heavy atom. The zero-order chi connectivity index (χ0) is 11.5. The van der Waals surface area contributed by atoms with E-state index in [1.165, 1.54) is 0 Å². The van der Waals surface area contributed by atoms with Gasteiger partial charge in [-0.15, -0.1) is 10.2 Å². The molecule has 0 unspecified atom stereocenters. The lowest BCUT2D eigenvalue weighted by atomic mass is 10.2. The van der Waals surface area contributed by atoms with Crippen LogP contribution >= 0.6 is 27.5 Å². The number of hydrogen-bond acceptors (Lipinski definition) is 3. The summed E-state index contributed by atoms with van der Waals surface area (Å²) in [6, 6.07) is 5.55. The van der Waals surface area contributed by atoms with E-state index in [2.05, 4.69) is 33.1 Å². The molecule has 0 spiro atoms. The van der Waals surface area contributed by atoms with Gasteiger partial charge in [0.2, 0.25) is 11.8 Å². The third kappa shape index (κ3) is 2.44. The van der Waals surface area contributed by atoms with Crippen molar-refractivity contribution >= 4 is 27.5 Å². The number of benzene rings is 1. The van der Waals surface area contributed by atoms with Gasteiger partial charge in [-0.1, -0.05) is 18.5 Å². The maximum atomic E-state index is 5.99. The zero-order valence-electron chi connectivity index (χ0n) is 8.70. The average Bonchev–Trinajstić information content (AvgIpc) is 2.71. The molecular weight excluding hydrogens is 291 g/mol. The molecule has 1 aromatic carbocycles. The average molecular weight is 302 g/mol. The fourth-order valence-electron chi connectivity index (χ4n) is 1.31. The molecule has 0 amide bonds. The molecule has 0 saturated heterocycles. The highest BCUT2D eigenvalue weighted by atomic mass is 79.9. The van der Waals surface area contributed by atoms with Crippen LogP contribution in [0.2, 0.25) is 5.02 Å². The van der Waals surface area contributed by atoms with Gasteiger partial charge in [0.05, 0.1) is 5.02 Å². The minimum atomic E-state index is 0.512. The summed E-state index contributed by atoms with van der Waals surface area (Å²) < 4.78 is 6.36. The van der Waals surface area contributed by atoms with E-state index in [-0.39, 0.29) is 0 Å². The second-order valence-corrected chi connectivity index (χ2v) is 4.64. The first-order valence-electron chi connectivity index (χ1n) is 4.98. The molecule has 0 saturated carbocycles. The predicted molar refractivity (Wildman–Crippen MR) is 66.4 cm³/mol. The van der Waals surface area contributed by atoms with Crippen LogP contribution in [0, 0.1) is 0 Å². The lowest BCUT2D eigenvalue weighted by Gasteiger charge is -1.97. The summed E-state index contributed by atoms with van der Waals surface area (Å²) in [6.45, 7) is 2.07. The molecule has 0 fully saturated rings. The van der Waals surface area contributed by atoms with E-state index >= 15 is 0 Å². The van der Waals surface area contributed by atoms with Crippen LogP contribution in [0.4, 0.5) is 0 Å². The van der Waals surface area contributed by atoms with Crippen molar-refractivity contribution in [2.45, 2.75) is 19.8 Å². The SMILES string of the molecule is CCCc1nnc(-c2ccc(Br)c(Cl)c2)o1. The molecule has 84 valence electrons. The summed E-state index contributed by atoms with van der Waals surface area (Å²) in [7, 11) is 0. The van der Waals surface area contributed by atoms with E-state index in [0.29, 0.717) is 16.8 Å². The summed E-state index contributed by atoms with van der Waals surface area (Å²) in [4.78, 5) is 0. The van der Waals surface area contributed by atoms with E-state index in [1.54, 1.807) is 6.07 Å². The number of aromatic nitrogens is 2. The molecule has 1 heterocycles. The lowest BCUT2D eigenvalue weighted by molar-refractivity contribution is 0.502. The van der Waals surface area contributed by atoms with E-state index in [4.69, 9.17) is 16.0 Å². The fraction of sp³-hybridized carbons (Fsp3) is 0.273. The van der Waals surface area contributed by atoms with Gasteiger partial charge in [-0.2, -0.15) is 0 Å². The first kappa shape index (κ1) is 11.6. The van der Waals surface area contributed by atoms with Gasteiger partial charge in [-0.25, -0.2) is 0 Å². The molecule has 0 atom stereocenters. The topological polar surface area (TPSA) is 38.9 Å². The van der Waals surface area contributed by atoms with Gasteiger partial charge in [-0.05, 0) is 40.5 Å². The number of aryl methyl sites for hydroxylation is 1. The Morgan fingerprint density at radius 1 is 1.38 bits per heavy atom. The van der Waals surface area contributed by atoms with Gasteiger partial charge in [-0.3, -0.25) is 0 Å². The maximum Gasteiger partial charge on any atom is 0.247 e. The van der Waals surface area contributed by atoms with Crippen molar-refractivity contribution in [3.05, 3.63) is 33.6 Å². The van der Waals surface area contributed by atoms with Crippen molar-refractivity contribution in [1.82, 2.24) is 10.2 Å². The summed E-state index contributed by atoms with van der Waals surface area (Å²) in [5.41, 5.74) is 0.836. The van der Waals surface area contributed by atoms with Crippen LogP contribution in [0.25, 0.3) is 11.5 Å². The van der Waals surface area contributed by atoms with Gasteiger partial charge in [0.1, 0.15) is 0 Å². The molecule has 2 rings (SSSR count). The first-order chi connectivity index (χ1) is 7.70. The Balaban J connectivity index is 2.31. The summed E-state index contributed by atoms with van der Waals surface area (Å²) >= 11 is 9.33. The van der Waals surface area contributed by atoms with E-state index in [1.807, 2.05) is 12.1 Å². The van der Waals surface area contributed by atoms with Crippen LogP contribution in [0.15, 0.2) is 27.1 Å². The summed E-state index contributed by atoms with van der Waals surface area (Å²) in [5, 5.41) is 8.58. The molecule has 0 N–H and O–H groups in total. The summed E-state index contributed by atoms with van der Waals surface area (Å²) in [5.74, 6) is 1.18. The van der Waals surface area contributed by atoms with Crippen molar-refractivity contribution < 1.29 is 4.42 Å². The minimum Gasteiger partial charge on any atom is -0.421 e. The fourth-order valence-corrected chi connectivity index (χ4v) is 1.74. The van der Waals surface area contributed by atoms with Crippen LogP contribution in [0.5, 0.6) is 0 Å². The number of halogens is 2. The highest BCUT2D eigenvalue weighted by Crippen LogP contribution is 2.28. The molecule has 2 aromatic rings. The minimum absolute atomic E-state index is 0.512. The standard InChI is InChI=1S/C11H10BrClN2O/c1-2-3-10-14-15-11(16-10)7-4-5-8(12)9(13)6-7/h4-6H,2-3H2,1H3. The molecule has 0 aliphatic rings. The summed E-state index contributed by atoms with van der Waals surface area (Å²) in [6.07, 6.45) is 1.79. The van der Waals surface area contributed by atoms with Crippen LogP contribution in [0.3, 0.4) is 0 Å². The van der Waals surface area contributed by atoms with Crippen LogP contribution in [0.1, 0.15) is 19.2 Å². The number of rotatable bonds is 3. The maximum absolute atomic E-state index is 5.99. The van der Waals surface area contributed by atoms with Gasteiger partial charge >= 0.3 is 0 Å². The van der Waals surface area contributed by atoms with Crippen molar-refractivity contribution in [3.63, 3.8) is 0 Å². The first-order valence-corrected chi connectivity index (χ1v) is 6.15. The monoisotopic (exact) mass is 300 g/mol. The Morgan fingerprint density at radius 2 is 2.19 bits per heavy atom. The Bertz CT molecular complexity index is 498. The van der Waals surface area contributed by atoms with E-state index in [9.17, 15) is 0 Å². The third-order valence-corrected chi connectivity index (χ3v) is 3.33. The lowest BCUT2D eigenvalue weighted by Crippen LogP contribution is -1.80. The zero-order valence-corrected chi connectivity index (χ0v) is 11.0. The number of nitrogens with zero attached hydrogens (tertiary/aromatic N) is 2. The van der Waals surface area contributed by atoms with E-state index < -0.39 is 0 Å². The Hall–Kier alpha value is -0.870. The molecule has 0 bridgehead atoms. The Labute approximate surface area is 107 Å². The molecule has 5 heteroatoms. The van der Waals surface area contributed by atoms with Crippen LogP contribution in [-0.2, 0) is 6.42 Å². The molecule has 1 aromatic heterocycles. The normalized spacial score (nSPS) is 10.7.